The Kier molecular flexibility index (Phi) is 8.14. The van der Waals surface area contributed by atoms with Gasteiger partial charge in [-0.05, 0) is 66.8 Å². The Morgan fingerprint density at radius 2 is 1.82 bits per heavy atom. The lowest BCUT2D eigenvalue weighted by Gasteiger charge is -2.25. The molecule has 6 nitrogen and oxygen atoms in total. The third kappa shape index (κ3) is 5.39. The number of methoxy groups -OCH3 is 2. The molecule has 0 aliphatic carbocycles. The van der Waals surface area contributed by atoms with Crippen molar-refractivity contribution in [2.45, 2.75) is 13.0 Å². The van der Waals surface area contributed by atoms with Gasteiger partial charge in [-0.1, -0.05) is 12.1 Å². The first kappa shape index (κ1) is 22.0. The molecule has 0 aromatic heterocycles. The van der Waals surface area contributed by atoms with E-state index in [2.05, 4.69) is 26.1 Å². The summed E-state index contributed by atoms with van der Waals surface area (Å²) in [4.78, 5) is 14.8. The number of halogens is 1. The van der Waals surface area contributed by atoms with E-state index >= 15 is 0 Å². The molecule has 0 radical (unpaired) electrons. The second-order valence-electron chi connectivity index (χ2n) is 6.39. The first-order valence-corrected chi connectivity index (χ1v) is 9.79. The van der Waals surface area contributed by atoms with E-state index < -0.39 is 0 Å². The first-order chi connectivity index (χ1) is 13.4. The van der Waals surface area contributed by atoms with Gasteiger partial charge in [-0.15, -0.1) is 0 Å². The van der Waals surface area contributed by atoms with Gasteiger partial charge in [0, 0.05) is 12.1 Å². The average Bonchev–Trinajstić information content (AvgIpc) is 2.68. The Bertz CT molecular complexity index is 794. The molecule has 0 aliphatic rings. The summed E-state index contributed by atoms with van der Waals surface area (Å²) < 4.78 is 16.8. The van der Waals surface area contributed by atoms with Crippen molar-refractivity contribution in [3.8, 4) is 17.2 Å². The molecule has 0 aliphatic heterocycles. The van der Waals surface area contributed by atoms with Crippen LogP contribution in [0.4, 0.5) is 0 Å². The van der Waals surface area contributed by atoms with E-state index in [9.17, 15) is 4.79 Å². The Labute approximate surface area is 174 Å². The van der Waals surface area contributed by atoms with Crippen LogP contribution in [0.1, 0.15) is 28.9 Å². The van der Waals surface area contributed by atoms with Crippen molar-refractivity contribution in [2.75, 3.05) is 41.5 Å². The molecular formula is C21H27BrN2O4. The monoisotopic (exact) mass is 450 g/mol. The average molecular weight is 451 g/mol. The molecule has 2 aromatic rings. The third-order valence-corrected chi connectivity index (χ3v) is 4.94. The fourth-order valence-electron chi connectivity index (χ4n) is 2.88. The van der Waals surface area contributed by atoms with Crippen molar-refractivity contribution in [1.82, 2.24) is 10.2 Å². The molecule has 0 saturated carbocycles. The molecule has 0 bridgehead atoms. The highest BCUT2D eigenvalue weighted by molar-refractivity contribution is 9.10. The Morgan fingerprint density at radius 3 is 2.36 bits per heavy atom. The molecule has 1 N–H and O–H groups in total. The number of nitrogens with zero attached hydrogens (tertiary/aromatic N) is 1. The topological polar surface area (TPSA) is 60.0 Å². The fourth-order valence-corrected chi connectivity index (χ4v) is 3.48. The number of rotatable bonds is 9. The summed E-state index contributed by atoms with van der Waals surface area (Å²) in [7, 11) is 7.18. The number of nitrogens with one attached hydrogen (secondary N) is 1. The van der Waals surface area contributed by atoms with Crippen LogP contribution in [0, 0.1) is 0 Å². The molecule has 2 rings (SSSR count). The van der Waals surface area contributed by atoms with Crippen molar-refractivity contribution >= 4 is 21.8 Å². The zero-order valence-electron chi connectivity index (χ0n) is 16.9. The van der Waals surface area contributed by atoms with Gasteiger partial charge in [0.15, 0.2) is 11.5 Å². The second-order valence-corrected chi connectivity index (χ2v) is 7.24. The quantitative estimate of drug-likeness (QED) is 0.627. The smallest absolute Gasteiger partial charge is 0.251 e. The SMILES string of the molecule is CCOc1cc(C(=O)NCC(c2ccc(OC)cc2)N(C)C)cc(Br)c1OC. The standard InChI is InChI=1S/C21H27BrN2O4/c1-6-28-19-12-15(11-17(22)20(19)27-5)21(25)23-13-18(24(2)3)14-7-9-16(26-4)10-8-14/h7-12,18H,6,13H2,1-5H3,(H,23,25). The summed E-state index contributed by atoms with van der Waals surface area (Å²) in [5.41, 5.74) is 1.60. The molecule has 2 aromatic carbocycles. The Balaban J connectivity index is 2.16. The minimum Gasteiger partial charge on any atom is -0.497 e. The number of amides is 1. The summed E-state index contributed by atoms with van der Waals surface area (Å²) >= 11 is 3.44. The fraction of sp³-hybridized carbons (Fsp3) is 0.381. The van der Waals surface area contributed by atoms with Crippen LogP contribution in [0.15, 0.2) is 40.9 Å². The number of hydrogen-bond donors (Lipinski definition) is 1. The molecule has 0 spiro atoms. The van der Waals surface area contributed by atoms with Crippen molar-refractivity contribution in [1.29, 1.82) is 0 Å². The van der Waals surface area contributed by atoms with Gasteiger partial charge in [0.05, 0.1) is 31.3 Å². The predicted octanol–water partition coefficient (Wildman–Crippen LogP) is 3.90. The van der Waals surface area contributed by atoms with Gasteiger partial charge in [-0.3, -0.25) is 4.79 Å². The lowest BCUT2D eigenvalue weighted by molar-refractivity contribution is 0.0941. The van der Waals surface area contributed by atoms with Crippen molar-refractivity contribution in [3.63, 3.8) is 0 Å². The van der Waals surface area contributed by atoms with Gasteiger partial charge in [-0.2, -0.15) is 0 Å². The van der Waals surface area contributed by atoms with Gasteiger partial charge >= 0.3 is 0 Å². The van der Waals surface area contributed by atoms with Gasteiger partial charge in [0.2, 0.25) is 0 Å². The zero-order valence-corrected chi connectivity index (χ0v) is 18.5. The summed E-state index contributed by atoms with van der Waals surface area (Å²) in [5, 5.41) is 3.01. The second kappa shape index (κ2) is 10.3. The highest BCUT2D eigenvalue weighted by Gasteiger charge is 2.18. The zero-order chi connectivity index (χ0) is 20.7. The summed E-state index contributed by atoms with van der Waals surface area (Å²) in [6.45, 7) is 2.83. The minimum absolute atomic E-state index is 0.0305. The number of carbonyl (C=O) groups excluding carboxylic acids is 1. The van der Waals surface area contributed by atoms with E-state index in [1.165, 1.54) is 0 Å². The van der Waals surface area contributed by atoms with E-state index in [4.69, 9.17) is 14.2 Å². The molecule has 152 valence electrons. The van der Waals surface area contributed by atoms with E-state index in [-0.39, 0.29) is 11.9 Å². The highest BCUT2D eigenvalue weighted by atomic mass is 79.9. The number of hydrogen-bond acceptors (Lipinski definition) is 5. The summed E-state index contributed by atoms with van der Waals surface area (Å²) in [6, 6.07) is 11.3. The Morgan fingerprint density at radius 1 is 1.14 bits per heavy atom. The molecular weight excluding hydrogens is 424 g/mol. The molecule has 1 atom stereocenters. The van der Waals surface area contributed by atoms with E-state index in [1.807, 2.05) is 45.3 Å². The first-order valence-electron chi connectivity index (χ1n) is 9.00. The summed E-state index contributed by atoms with van der Waals surface area (Å²) in [6.07, 6.45) is 0. The summed E-state index contributed by atoms with van der Waals surface area (Å²) in [5.74, 6) is 1.73. The van der Waals surface area contributed by atoms with Crippen molar-refractivity contribution in [2.24, 2.45) is 0 Å². The molecule has 0 heterocycles. The van der Waals surface area contributed by atoms with Crippen LogP contribution in [0.5, 0.6) is 17.2 Å². The highest BCUT2D eigenvalue weighted by Crippen LogP contribution is 2.36. The Hall–Kier alpha value is -2.25. The van der Waals surface area contributed by atoms with Crippen LogP contribution in [0.2, 0.25) is 0 Å². The van der Waals surface area contributed by atoms with Crippen LogP contribution in [0.25, 0.3) is 0 Å². The molecule has 0 fully saturated rings. The van der Waals surface area contributed by atoms with Crippen molar-refractivity contribution < 1.29 is 19.0 Å². The molecule has 7 heteroatoms. The lowest BCUT2D eigenvalue weighted by Crippen LogP contribution is -2.34. The van der Waals surface area contributed by atoms with Gasteiger partial charge in [0.1, 0.15) is 5.75 Å². The van der Waals surface area contributed by atoms with Crippen LogP contribution in [-0.2, 0) is 0 Å². The maximum absolute atomic E-state index is 12.7. The normalized spacial score (nSPS) is 11.8. The van der Waals surface area contributed by atoms with Crippen LogP contribution < -0.4 is 19.5 Å². The van der Waals surface area contributed by atoms with Gasteiger partial charge in [-0.25, -0.2) is 0 Å². The van der Waals surface area contributed by atoms with Crippen LogP contribution in [-0.4, -0.2) is 52.3 Å². The minimum atomic E-state index is -0.176. The van der Waals surface area contributed by atoms with Crippen molar-refractivity contribution in [3.05, 3.63) is 52.0 Å². The number of carbonyl (C=O) groups is 1. The van der Waals surface area contributed by atoms with Gasteiger partial charge < -0.3 is 24.4 Å². The van der Waals surface area contributed by atoms with E-state index in [1.54, 1.807) is 26.4 Å². The number of ether oxygens (including phenoxy) is 3. The molecule has 28 heavy (non-hydrogen) atoms. The lowest BCUT2D eigenvalue weighted by atomic mass is 10.1. The number of benzene rings is 2. The number of likely N-dealkylation sites (N-methyl/N-ethyl adjacent to an activating group) is 1. The largest absolute Gasteiger partial charge is 0.497 e. The maximum atomic E-state index is 12.7. The third-order valence-electron chi connectivity index (χ3n) is 4.36. The van der Waals surface area contributed by atoms with E-state index in [0.29, 0.717) is 34.7 Å². The van der Waals surface area contributed by atoms with Crippen LogP contribution in [0.3, 0.4) is 0 Å². The van der Waals surface area contributed by atoms with Gasteiger partial charge in [0.25, 0.3) is 5.91 Å². The molecule has 0 saturated heterocycles. The van der Waals surface area contributed by atoms with Crippen LogP contribution >= 0.6 is 15.9 Å². The van der Waals surface area contributed by atoms with E-state index in [0.717, 1.165) is 11.3 Å². The molecule has 1 unspecified atom stereocenters. The molecule has 1 amide bonds. The maximum Gasteiger partial charge on any atom is 0.251 e. The predicted molar refractivity (Wildman–Crippen MR) is 114 cm³/mol.